The Balaban J connectivity index is 1.67. The molecule has 3 amide bonds. The van der Waals surface area contributed by atoms with E-state index in [1.165, 1.54) is 17.5 Å². The molecule has 1 saturated heterocycles. The van der Waals surface area contributed by atoms with E-state index < -0.39 is 0 Å². The maximum absolute atomic E-state index is 13.0. The second-order valence-electron chi connectivity index (χ2n) is 7.07. The van der Waals surface area contributed by atoms with Crippen LogP contribution in [-0.2, 0) is 10.2 Å². The number of urea groups is 1. The van der Waals surface area contributed by atoms with Crippen LogP contribution in [0.5, 0.6) is 5.75 Å². The number of rotatable bonds is 3. The molecule has 1 atom stereocenters. The van der Waals surface area contributed by atoms with Gasteiger partial charge in [-0.3, -0.25) is 15.0 Å². The molecule has 9 heteroatoms. The van der Waals surface area contributed by atoms with Crippen LogP contribution in [0.15, 0.2) is 24.4 Å². The van der Waals surface area contributed by atoms with Crippen molar-refractivity contribution in [2.24, 2.45) is 0 Å². The van der Waals surface area contributed by atoms with E-state index in [0.29, 0.717) is 35.7 Å². The minimum atomic E-state index is -0.286. The quantitative estimate of drug-likeness (QED) is 0.820. The van der Waals surface area contributed by atoms with Crippen molar-refractivity contribution in [1.82, 2.24) is 9.88 Å². The molecule has 0 aliphatic carbocycles. The van der Waals surface area contributed by atoms with Crippen LogP contribution in [0.3, 0.4) is 0 Å². The van der Waals surface area contributed by atoms with E-state index in [9.17, 15) is 9.59 Å². The molecule has 2 aliphatic heterocycles. The van der Waals surface area contributed by atoms with Crippen molar-refractivity contribution >= 4 is 45.7 Å². The molecule has 0 radical (unpaired) electrons. The first kappa shape index (κ1) is 19.0. The molecular formula is C19H21ClN4O3S. The van der Waals surface area contributed by atoms with Gasteiger partial charge in [-0.1, -0.05) is 22.9 Å². The summed E-state index contributed by atoms with van der Waals surface area (Å²) in [6.45, 7) is 5.88. The number of nitrogens with one attached hydrogen (secondary N) is 1. The van der Waals surface area contributed by atoms with Gasteiger partial charge in [0.25, 0.3) is 0 Å². The Hall–Kier alpha value is -2.32. The van der Waals surface area contributed by atoms with E-state index in [0.717, 1.165) is 23.4 Å². The highest BCUT2D eigenvalue weighted by Crippen LogP contribution is 2.48. The number of aromatic nitrogens is 1. The molecule has 4 rings (SSSR count). The van der Waals surface area contributed by atoms with Crippen LogP contribution in [0, 0.1) is 0 Å². The van der Waals surface area contributed by atoms with Crippen LogP contribution < -0.4 is 15.0 Å². The van der Waals surface area contributed by atoms with E-state index in [1.54, 1.807) is 11.8 Å². The van der Waals surface area contributed by atoms with Crippen molar-refractivity contribution in [2.45, 2.75) is 25.7 Å². The fourth-order valence-corrected chi connectivity index (χ4v) is 4.85. The van der Waals surface area contributed by atoms with Crippen LogP contribution in [0.1, 0.15) is 25.8 Å². The zero-order valence-corrected chi connectivity index (χ0v) is 17.3. The van der Waals surface area contributed by atoms with Gasteiger partial charge in [-0.25, -0.2) is 9.78 Å². The molecule has 3 heterocycles. The van der Waals surface area contributed by atoms with Crippen LogP contribution in [-0.4, -0.2) is 48.1 Å². The predicted molar refractivity (Wildman–Crippen MR) is 110 cm³/mol. The normalized spacial score (nSPS) is 20.5. The van der Waals surface area contributed by atoms with Gasteiger partial charge in [0.15, 0.2) is 5.13 Å². The first-order valence-corrected chi connectivity index (χ1v) is 10.3. The lowest BCUT2D eigenvalue weighted by molar-refractivity contribution is -0.127. The van der Waals surface area contributed by atoms with Crippen molar-refractivity contribution in [3.63, 3.8) is 0 Å². The van der Waals surface area contributed by atoms with Gasteiger partial charge in [-0.15, -0.1) is 0 Å². The number of carbonyl (C=O) groups excluding carboxylic acids is 2. The molecule has 1 N–H and O–H groups in total. The average Bonchev–Trinajstić information content (AvgIpc) is 3.35. The van der Waals surface area contributed by atoms with Gasteiger partial charge in [-0.05, 0) is 37.1 Å². The van der Waals surface area contributed by atoms with Crippen LogP contribution >= 0.6 is 22.9 Å². The average molecular weight is 421 g/mol. The van der Waals surface area contributed by atoms with Gasteiger partial charge in [0, 0.05) is 37.7 Å². The van der Waals surface area contributed by atoms with Gasteiger partial charge in [-0.2, -0.15) is 0 Å². The SMILES string of the molecule is CCOc1ccc2c(c1)C1(CCN(C(C)=O)C1)CN2C(=O)Nc1ncc(Cl)s1. The summed E-state index contributed by atoms with van der Waals surface area (Å²) in [5.74, 6) is 0.829. The standard InChI is InChI=1S/C19H21ClN4O3S/c1-3-27-13-4-5-15-14(8-13)19(6-7-23(10-19)12(2)25)11-24(15)18(26)22-17-21-9-16(20)28-17/h4-5,8-9H,3,6-7,10-11H2,1-2H3,(H,21,22,26). The third-order valence-corrected chi connectivity index (χ3v) is 6.37. The number of nitrogens with zero attached hydrogens (tertiary/aromatic N) is 3. The van der Waals surface area contributed by atoms with E-state index in [-0.39, 0.29) is 17.4 Å². The lowest BCUT2D eigenvalue weighted by Gasteiger charge is -2.25. The highest BCUT2D eigenvalue weighted by atomic mass is 35.5. The number of amides is 3. The monoisotopic (exact) mass is 420 g/mol. The van der Waals surface area contributed by atoms with E-state index in [1.807, 2.05) is 30.0 Å². The Morgan fingerprint density at radius 2 is 2.21 bits per heavy atom. The second-order valence-corrected chi connectivity index (χ2v) is 8.73. The summed E-state index contributed by atoms with van der Waals surface area (Å²) in [5, 5.41) is 3.28. The Morgan fingerprint density at radius 3 is 2.86 bits per heavy atom. The summed E-state index contributed by atoms with van der Waals surface area (Å²) in [6, 6.07) is 5.55. The molecule has 1 aromatic carbocycles. The van der Waals surface area contributed by atoms with Gasteiger partial charge >= 0.3 is 6.03 Å². The molecule has 1 fully saturated rings. The zero-order chi connectivity index (χ0) is 19.9. The minimum Gasteiger partial charge on any atom is -0.494 e. The maximum Gasteiger partial charge on any atom is 0.328 e. The lowest BCUT2D eigenvalue weighted by atomic mass is 9.81. The molecule has 148 valence electrons. The van der Waals surface area contributed by atoms with Crippen LogP contribution in [0.2, 0.25) is 4.34 Å². The smallest absolute Gasteiger partial charge is 0.328 e. The Bertz CT molecular complexity index is 934. The third kappa shape index (κ3) is 3.31. The van der Waals surface area contributed by atoms with E-state index >= 15 is 0 Å². The topological polar surface area (TPSA) is 74.8 Å². The van der Waals surface area contributed by atoms with Crippen molar-refractivity contribution < 1.29 is 14.3 Å². The maximum atomic E-state index is 13.0. The number of benzene rings is 1. The molecule has 0 bridgehead atoms. The molecule has 1 aromatic heterocycles. The number of fused-ring (bicyclic) bond motifs is 2. The number of hydrogen-bond acceptors (Lipinski definition) is 5. The Kier molecular flexibility index (Phi) is 4.93. The van der Waals surface area contributed by atoms with Gasteiger partial charge < -0.3 is 9.64 Å². The predicted octanol–water partition coefficient (Wildman–Crippen LogP) is 3.74. The second kappa shape index (κ2) is 7.25. The number of carbonyl (C=O) groups is 2. The summed E-state index contributed by atoms with van der Waals surface area (Å²) in [5.41, 5.74) is 1.61. The van der Waals surface area contributed by atoms with Crippen molar-refractivity contribution in [1.29, 1.82) is 0 Å². The first-order chi connectivity index (χ1) is 13.4. The molecular weight excluding hydrogens is 400 g/mol. The molecule has 2 aromatic rings. The third-order valence-electron chi connectivity index (χ3n) is 5.34. The van der Waals surface area contributed by atoms with Gasteiger partial charge in [0.1, 0.15) is 10.1 Å². The van der Waals surface area contributed by atoms with Crippen molar-refractivity contribution in [3.05, 3.63) is 34.3 Å². The largest absolute Gasteiger partial charge is 0.494 e. The Morgan fingerprint density at radius 1 is 1.39 bits per heavy atom. The number of hydrogen-bond donors (Lipinski definition) is 1. The van der Waals surface area contributed by atoms with Crippen molar-refractivity contribution in [3.8, 4) is 5.75 Å². The lowest BCUT2D eigenvalue weighted by Crippen LogP contribution is -2.41. The molecule has 1 spiro atoms. The highest BCUT2D eigenvalue weighted by molar-refractivity contribution is 7.19. The van der Waals surface area contributed by atoms with E-state index in [4.69, 9.17) is 16.3 Å². The number of likely N-dealkylation sites (tertiary alicyclic amines) is 1. The van der Waals surface area contributed by atoms with Crippen LogP contribution in [0.4, 0.5) is 15.6 Å². The molecule has 1 unspecified atom stereocenters. The van der Waals surface area contributed by atoms with Crippen LogP contribution in [0.25, 0.3) is 0 Å². The molecule has 7 nitrogen and oxygen atoms in total. The molecule has 0 saturated carbocycles. The zero-order valence-electron chi connectivity index (χ0n) is 15.7. The number of ether oxygens (including phenoxy) is 1. The number of thiazole rings is 1. The molecule has 2 aliphatic rings. The van der Waals surface area contributed by atoms with Gasteiger partial charge in [0.05, 0.1) is 12.8 Å². The summed E-state index contributed by atoms with van der Waals surface area (Å²) >= 11 is 7.13. The summed E-state index contributed by atoms with van der Waals surface area (Å²) < 4.78 is 6.20. The fourth-order valence-electron chi connectivity index (χ4n) is 4.05. The highest BCUT2D eigenvalue weighted by Gasteiger charge is 2.49. The van der Waals surface area contributed by atoms with Gasteiger partial charge in [0.2, 0.25) is 5.91 Å². The Labute approximate surface area is 172 Å². The minimum absolute atomic E-state index is 0.0553. The first-order valence-electron chi connectivity index (χ1n) is 9.14. The fraction of sp³-hybridized carbons (Fsp3) is 0.421. The number of anilines is 2. The number of halogens is 1. The van der Waals surface area contributed by atoms with E-state index in [2.05, 4.69) is 10.3 Å². The summed E-state index contributed by atoms with van der Waals surface area (Å²) in [7, 11) is 0. The summed E-state index contributed by atoms with van der Waals surface area (Å²) in [4.78, 5) is 32.6. The summed E-state index contributed by atoms with van der Waals surface area (Å²) in [6.07, 6.45) is 2.32. The van der Waals surface area contributed by atoms with Crippen molar-refractivity contribution in [2.75, 3.05) is 36.5 Å². The molecule has 28 heavy (non-hydrogen) atoms.